The highest BCUT2D eigenvalue weighted by molar-refractivity contribution is 5.31. The highest BCUT2D eigenvalue weighted by Gasteiger charge is 2.34. The van der Waals surface area contributed by atoms with Crippen LogP contribution in [0.5, 0.6) is 0 Å². The van der Waals surface area contributed by atoms with Crippen molar-refractivity contribution in [1.82, 2.24) is 10.2 Å². The van der Waals surface area contributed by atoms with Crippen LogP contribution in [-0.4, -0.2) is 69.7 Å². The van der Waals surface area contributed by atoms with E-state index in [-0.39, 0.29) is 6.10 Å². The normalized spacial score (nSPS) is 27.5. The Hall–Kier alpha value is -1.14. The minimum absolute atomic E-state index is 0.0205. The molecule has 5 nitrogen and oxygen atoms in total. The molecule has 33 heavy (non-hydrogen) atoms. The molecule has 0 unspecified atom stereocenters. The van der Waals surface area contributed by atoms with Crippen molar-refractivity contribution in [3.05, 3.63) is 35.6 Å². The Morgan fingerprint density at radius 3 is 2.33 bits per heavy atom. The number of allylic oxidation sites excluding steroid dienone is 1. The lowest BCUT2D eigenvalue weighted by Crippen LogP contribution is -2.49. The van der Waals surface area contributed by atoms with Gasteiger partial charge in [-0.25, -0.2) is 0 Å². The van der Waals surface area contributed by atoms with E-state index in [2.05, 4.69) is 62.5 Å². The molecule has 3 rings (SSSR count). The molecule has 0 aromatic rings. The van der Waals surface area contributed by atoms with Gasteiger partial charge < -0.3 is 24.4 Å². The first-order valence-electron chi connectivity index (χ1n) is 13.4. The van der Waals surface area contributed by atoms with Crippen molar-refractivity contribution in [2.75, 3.05) is 40.5 Å². The number of hydrogen-bond donors (Lipinski definition) is 1. The highest BCUT2D eigenvalue weighted by Crippen LogP contribution is 2.35. The third-order valence-electron chi connectivity index (χ3n) is 7.26. The van der Waals surface area contributed by atoms with Crippen molar-refractivity contribution < 1.29 is 14.2 Å². The molecule has 0 bridgehead atoms. The van der Waals surface area contributed by atoms with Gasteiger partial charge >= 0.3 is 0 Å². The Morgan fingerprint density at radius 2 is 1.73 bits per heavy atom. The molecule has 1 N–H and O–H groups in total. The molecular weight excluding hydrogens is 412 g/mol. The van der Waals surface area contributed by atoms with Crippen LogP contribution in [0.3, 0.4) is 0 Å². The lowest BCUT2D eigenvalue weighted by Gasteiger charge is -2.41. The summed E-state index contributed by atoms with van der Waals surface area (Å²) in [6, 6.07) is 1.49. The molecule has 1 heterocycles. The fraction of sp³-hybridized carbons (Fsp3) is 0.786. The molecule has 4 atom stereocenters. The maximum atomic E-state index is 6.46. The summed E-state index contributed by atoms with van der Waals surface area (Å²) in [5.74, 6) is 1.84. The summed E-state index contributed by atoms with van der Waals surface area (Å²) < 4.78 is 18.3. The molecule has 0 amide bonds. The predicted molar refractivity (Wildman–Crippen MR) is 136 cm³/mol. The van der Waals surface area contributed by atoms with Crippen molar-refractivity contribution >= 4 is 0 Å². The zero-order chi connectivity index (χ0) is 23.5. The predicted octanol–water partition coefficient (Wildman–Crippen LogP) is 5.24. The van der Waals surface area contributed by atoms with Gasteiger partial charge in [-0.05, 0) is 70.2 Å². The van der Waals surface area contributed by atoms with Gasteiger partial charge in [-0.1, -0.05) is 44.9 Å². The second kappa shape index (κ2) is 14.3. The number of likely N-dealkylation sites (N-methyl/N-ethyl adjacent to an activating group) is 1. The van der Waals surface area contributed by atoms with Crippen LogP contribution in [0.25, 0.3) is 0 Å². The van der Waals surface area contributed by atoms with E-state index in [1.165, 1.54) is 18.4 Å². The van der Waals surface area contributed by atoms with Crippen LogP contribution in [0.4, 0.5) is 0 Å². The molecule has 0 radical (unpaired) electrons. The van der Waals surface area contributed by atoms with Crippen LogP contribution < -0.4 is 5.32 Å². The van der Waals surface area contributed by atoms with Gasteiger partial charge in [0, 0.05) is 37.8 Å². The lowest BCUT2D eigenvalue weighted by atomic mass is 9.78. The molecule has 1 saturated heterocycles. The Balaban J connectivity index is 1.51. The van der Waals surface area contributed by atoms with Crippen LogP contribution >= 0.6 is 0 Å². The Morgan fingerprint density at radius 1 is 1.00 bits per heavy atom. The number of rotatable bonds is 14. The maximum absolute atomic E-state index is 6.46. The summed E-state index contributed by atoms with van der Waals surface area (Å²) in [7, 11) is 4.31. The van der Waals surface area contributed by atoms with Crippen LogP contribution in [0.2, 0.25) is 0 Å². The molecule has 3 aliphatic rings. The van der Waals surface area contributed by atoms with Gasteiger partial charge in [0.25, 0.3) is 0 Å². The quantitative estimate of drug-likeness (QED) is 0.359. The standard InChI is InChI=1S/C28H48N2O3/c1-5-7-17-31-20-26(21-32-18-8-6-2)33-25-15-11-23-12-16-27(29-28(23)19-25)22-9-13-24(14-10-22)30(3)4/h9-10,13,15,23-24,26-29H,5-8,11-12,14,16-21H2,1-4H3/t23-,24+,27-,28-/m0/s1. The third kappa shape index (κ3) is 8.54. The van der Waals surface area contributed by atoms with Crippen LogP contribution in [0.15, 0.2) is 35.6 Å². The molecular formula is C28H48N2O3. The monoisotopic (exact) mass is 460 g/mol. The average Bonchev–Trinajstić information content (AvgIpc) is 2.84. The van der Waals surface area contributed by atoms with Crippen molar-refractivity contribution in [1.29, 1.82) is 0 Å². The lowest BCUT2D eigenvalue weighted by molar-refractivity contribution is -0.0410. The Bertz CT molecular complexity index is 646. The topological polar surface area (TPSA) is 43.0 Å². The van der Waals surface area contributed by atoms with Gasteiger partial charge in [0.05, 0.1) is 19.0 Å². The summed E-state index contributed by atoms with van der Waals surface area (Å²) in [4.78, 5) is 2.29. The van der Waals surface area contributed by atoms with Crippen molar-refractivity contribution in [3.63, 3.8) is 0 Å². The van der Waals surface area contributed by atoms with E-state index < -0.39 is 0 Å². The number of unbranched alkanes of at least 4 members (excludes halogenated alkanes) is 2. The fourth-order valence-electron chi connectivity index (χ4n) is 5.03. The number of fused-ring (bicyclic) bond motifs is 1. The second-order valence-electron chi connectivity index (χ2n) is 10.2. The molecule has 1 fully saturated rings. The van der Waals surface area contributed by atoms with Crippen LogP contribution in [-0.2, 0) is 14.2 Å². The summed E-state index contributed by atoms with van der Waals surface area (Å²) in [5, 5.41) is 3.98. The maximum Gasteiger partial charge on any atom is 0.145 e. The molecule has 188 valence electrons. The summed E-state index contributed by atoms with van der Waals surface area (Å²) in [5.41, 5.74) is 1.47. The summed E-state index contributed by atoms with van der Waals surface area (Å²) in [6.45, 7) is 7.21. The Kier molecular flexibility index (Phi) is 11.5. The average molecular weight is 461 g/mol. The van der Waals surface area contributed by atoms with Gasteiger partial charge in [-0.15, -0.1) is 0 Å². The van der Waals surface area contributed by atoms with E-state index >= 15 is 0 Å². The fourth-order valence-corrected chi connectivity index (χ4v) is 5.03. The van der Waals surface area contributed by atoms with E-state index in [9.17, 15) is 0 Å². The number of ether oxygens (including phenoxy) is 3. The van der Waals surface area contributed by atoms with Gasteiger partial charge in [0.15, 0.2) is 0 Å². The Labute approximate surface area is 202 Å². The molecule has 0 spiro atoms. The van der Waals surface area contributed by atoms with E-state index in [0.29, 0.717) is 31.3 Å². The number of piperidine rings is 1. The van der Waals surface area contributed by atoms with E-state index in [1.54, 1.807) is 0 Å². The molecule has 2 aliphatic carbocycles. The molecule has 1 aliphatic heterocycles. The van der Waals surface area contributed by atoms with E-state index in [4.69, 9.17) is 14.2 Å². The van der Waals surface area contributed by atoms with Crippen molar-refractivity contribution in [2.45, 2.75) is 95.9 Å². The summed E-state index contributed by atoms with van der Waals surface area (Å²) in [6.07, 6.45) is 19.7. The molecule has 0 aromatic carbocycles. The van der Waals surface area contributed by atoms with Gasteiger partial charge in [0.2, 0.25) is 0 Å². The minimum Gasteiger partial charge on any atom is -0.490 e. The van der Waals surface area contributed by atoms with Gasteiger partial charge in [-0.2, -0.15) is 0 Å². The van der Waals surface area contributed by atoms with E-state index in [0.717, 1.165) is 69.8 Å². The first-order chi connectivity index (χ1) is 16.1. The molecule has 0 saturated carbocycles. The second-order valence-corrected chi connectivity index (χ2v) is 10.2. The first kappa shape index (κ1) is 26.5. The molecule has 0 aromatic heterocycles. The highest BCUT2D eigenvalue weighted by atomic mass is 16.6. The zero-order valence-electron chi connectivity index (χ0n) is 21.6. The summed E-state index contributed by atoms with van der Waals surface area (Å²) >= 11 is 0. The molecule has 5 heteroatoms. The largest absolute Gasteiger partial charge is 0.490 e. The van der Waals surface area contributed by atoms with Gasteiger partial charge in [-0.3, -0.25) is 0 Å². The SMILES string of the molecule is CCCCOCC(COCCCC)OC1=CC[C@H]2CC[C@@H](C3=CC[C@H](N(C)C)C=C3)N[C@H]2C1. The zero-order valence-corrected chi connectivity index (χ0v) is 21.6. The number of nitrogens with one attached hydrogen (secondary N) is 1. The smallest absolute Gasteiger partial charge is 0.145 e. The van der Waals surface area contributed by atoms with Crippen LogP contribution in [0.1, 0.15) is 71.6 Å². The minimum atomic E-state index is -0.0205. The van der Waals surface area contributed by atoms with Crippen molar-refractivity contribution in [3.8, 4) is 0 Å². The van der Waals surface area contributed by atoms with Crippen molar-refractivity contribution in [2.24, 2.45) is 5.92 Å². The van der Waals surface area contributed by atoms with Gasteiger partial charge in [0.1, 0.15) is 6.10 Å². The van der Waals surface area contributed by atoms with E-state index in [1.807, 2.05) is 0 Å². The van der Waals surface area contributed by atoms with Crippen LogP contribution in [0, 0.1) is 5.92 Å². The number of hydrogen-bond acceptors (Lipinski definition) is 5. The third-order valence-corrected chi connectivity index (χ3v) is 7.26. The number of nitrogens with zero attached hydrogens (tertiary/aromatic N) is 1. The first-order valence-corrected chi connectivity index (χ1v) is 13.4.